The number of urea groups is 1. The molecule has 112 valence electrons. The van der Waals surface area contributed by atoms with Crippen LogP contribution in [0.3, 0.4) is 0 Å². The van der Waals surface area contributed by atoms with Crippen LogP contribution in [0.1, 0.15) is 27.2 Å². The minimum Gasteiger partial charge on any atom is -0.336 e. The molecule has 20 heavy (non-hydrogen) atoms. The quantitative estimate of drug-likeness (QED) is 0.655. The summed E-state index contributed by atoms with van der Waals surface area (Å²) in [6.45, 7) is 6.07. The molecule has 0 aliphatic carbocycles. The van der Waals surface area contributed by atoms with Gasteiger partial charge in [0.05, 0.1) is 5.75 Å². The first-order valence-corrected chi connectivity index (χ1v) is 7.31. The van der Waals surface area contributed by atoms with Crippen molar-refractivity contribution in [1.82, 2.24) is 25.4 Å². The Morgan fingerprint density at radius 1 is 1.45 bits per heavy atom. The highest BCUT2D eigenvalue weighted by Crippen LogP contribution is 2.12. The Bertz CT molecular complexity index is 522. The van der Waals surface area contributed by atoms with Crippen molar-refractivity contribution in [3.8, 4) is 0 Å². The molecule has 0 spiro atoms. The summed E-state index contributed by atoms with van der Waals surface area (Å²) >= 11 is 1.11. The van der Waals surface area contributed by atoms with Gasteiger partial charge in [-0.05, 0) is 20.3 Å². The molecule has 0 aliphatic rings. The molecule has 0 aromatic carbocycles. The molecule has 0 saturated carbocycles. The van der Waals surface area contributed by atoms with E-state index in [-0.39, 0.29) is 17.5 Å². The Hall–Kier alpha value is -1.77. The lowest BCUT2D eigenvalue weighted by molar-refractivity contribution is -0.117. The van der Waals surface area contributed by atoms with Gasteiger partial charge in [0, 0.05) is 12.6 Å². The molecule has 1 heterocycles. The van der Waals surface area contributed by atoms with Crippen molar-refractivity contribution in [2.45, 2.75) is 44.9 Å². The van der Waals surface area contributed by atoms with Crippen LogP contribution < -0.4 is 16.3 Å². The molecule has 1 aromatic heterocycles. The Morgan fingerprint density at radius 2 is 2.15 bits per heavy atom. The molecular formula is C11H19N5O3S. The second kappa shape index (κ2) is 7.73. The highest BCUT2D eigenvalue weighted by atomic mass is 32.2. The van der Waals surface area contributed by atoms with Crippen LogP contribution in [-0.4, -0.2) is 38.5 Å². The van der Waals surface area contributed by atoms with Gasteiger partial charge in [-0.3, -0.25) is 14.7 Å². The van der Waals surface area contributed by atoms with Gasteiger partial charge >= 0.3 is 11.7 Å². The van der Waals surface area contributed by atoms with Gasteiger partial charge in [-0.25, -0.2) is 14.7 Å². The monoisotopic (exact) mass is 301 g/mol. The molecule has 9 heteroatoms. The number of H-pyrrole nitrogens is 1. The largest absolute Gasteiger partial charge is 0.343 e. The van der Waals surface area contributed by atoms with Gasteiger partial charge in [0.25, 0.3) is 0 Å². The summed E-state index contributed by atoms with van der Waals surface area (Å²) in [5.74, 6) is -0.425. The number of thioether (sulfide) groups is 1. The number of nitrogens with zero attached hydrogens (tertiary/aromatic N) is 2. The topological polar surface area (TPSA) is 109 Å². The smallest absolute Gasteiger partial charge is 0.336 e. The zero-order valence-electron chi connectivity index (χ0n) is 11.7. The zero-order valence-corrected chi connectivity index (χ0v) is 12.5. The van der Waals surface area contributed by atoms with Crippen molar-refractivity contribution >= 4 is 23.7 Å². The molecule has 0 unspecified atom stereocenters. The van der Waals surface area contributed by atoms with Crippen molar-refractivity contribution < 1.29 is 9.59 Å². The van der Waals surface area contributed by atoms with Crippen molar-refractivity contribution in [3.05, 3.63) is 10.5 Å². The van der Waals surface area contributed by atoms with Gasteiger partial charge in [-0.2, -0.15) is 0 Å². The van der Waals surface area contributed by atoms with Crippen LogP contribution in [-0.2, 0) is 11.3 Å². The van der Waals surface area contributed by atoms with Gasteiger partial charge in [-0.15, -0.1) is 5.10 Å². The lowest BCUT2D eigenvalue weighted by atomic mass is 10.4. The number of imide groups is 1. The Morgan fingerprint density at radius 3 is 2.75 bits per heavy atom. The van der Waals surface area contributed by atoms with E-state index < -0.39 is 11.9 Å². The van der Waals surface area contributed by atoms with Gasteiger partial charge in [0.2, 0.25) is 5.91 Å². The van der Waals surface area contributed by atoms with E-state index in [1.165, 1.54) is 4.57 Å². The highest BCUT2D eigenvalue weighted by Gasteiger charge is 2.12. The van der Waals surface area contributed by atoms with Crippen LogP contribution in [0.2, 0.25) is 0 Å². The molecule has 3 amide bonds. The number of rotatable bonds is 6. The summed E-state index contributed by atoms with van der Waals surface area (Å²) < 4.78 is 1.46. The van der Waals surface area contributed by atoms with Crippen LogP contribution in [0.15, 0.2) is 9.95 Å². The third-order valence-electron chi connectivity index (χ3n) is 2.18. The lowest BCUT2D eigenvalue weighted by Gasteiger charge is -2.08. The predicted molar refractivity (Wildman–Crippen MR) is 75.7 cm³/mol. The summed E-state index contributed by atoms with van der Waals surface area (Å²) in [5, 5.41) is 11.4. The van der Waals surface area contributed by atoms with E-state index in [9.17, 15) is 14.4 Å². The molecule has 8 nitrogen and oxygen atoms in total. The Kier molecular flexibility index (Phi) is 6.29. The molecule has 1 rings (SSSR count). The van der Waals surface area contributed by atoms with E-state index >= 15 is 0 Å². The first kappa shape index (κ1) is 16.3. The van der Waals surface area contributed by atoms with E-state index in [0.29, 0.717) is 11.7 Å². The van der Waals surface area contributed by atoms with E-state index in [4.69, 9.17) is 0 Å². The highest BCUT2D eigenvalue weighted by molar-refractivity contribution is 7.99. The second-order valence-corrected chi connectivity index (χ2v) is 5.37. The average molecular weight is 301 g/mol. The number of hydrogen-bond donors (Lipinski definition) is 3. The van der Waals surface area contributed by atoms with E-state index in [0.717, 1.165) is 18.2 Å². The zero-order chi connectivity index (χ0) is 15.1. The molecule has 1 aromatic rings. The molecule has 0 saturated heterocycles. The van der Waals surface area contributed by atoms with Gasteiger partial charge < -0.3 is 5.32 Å². The normalized spacial score (nSPS) is 10.6. The number of hydrogen-bond acceptors (Lipinski definition) is 5. The summed E-state index contributed by atoms with van der Waals surface area (Å²) in [5.41, 5.74) is -0.299. The van der Waals surface area contributed by atoms with E-state index in [1.54, 1.807) is 13.8 Å². The maximum Gasteiger partial charge on any atom is 0.343 e. The summed E-state index contributed by atoms with van der Waals surface area (Å²) in [7, 11) is 0. The Labute approximate surface area is 120 Å². The number of nitrogens with one attached hydrogen (secondary N) is 3. The van der Waals surface area contributed by atoms with E-state index in [1.807, 2.05) is 6.92 Å². The van der Waals surface area contributed by atoms with Crippen molar-refractivity contribution in [2.24, 2.45) is 0 Å². The van der Waals surface area contributed by atoms with Crippen molar-refractivity contribution in [2.75, 3.05) is 5.75 Å². The fourth-order valence-corrected chi connectivity index (χ4v) is 2.20. The van der Waals surface area contributed by atoms with Crippen LogP contribution in [0, 0.1) is 0 Å². The molecule has 3 N–H and O–H groups in total. The molecule has 0 fully saturated rings. The molecular weight excluding hydrogens is 282 g/mol. The molecule has 0 aliphatic heterocycles. The van der Waals surface area contributed by atoms with E-state index in [2.05, 4.69) is 20.8 Å². The number of aromatic amines is 1. The standard InChI is InChI=1S/C11H19N5O3S/c1-4-5-16-10(19)14-15-11(16)20-6-8(17)13-9(18)12-7(2)3/h7H,4-6H2,1-3H3,(H,14,19)(H2,12,13,17,18). The molecule has 0 atom stereocenters. The summed E-state index contributed by atoms with van der Waals surface area (Å²) in [6, 6.07) is -0.574. The summed E-state index contributed by atoms with van der Waals surface area (Å²) in [4.78, 5) is 34.3. The van der Waals surface area contributed by atoms with Crippen molar-refractivity contribution in [1.29, 1.82) is 0 Å². The minimum absolute atomic E-state index is 0.0134. The van der Waals surface area contributed by atoms with Crippen LogP contribution >= 0.6 is 11.8 Å². The molecule has 0 radical (unpaired) electrons. The number of carbonyl (C=O) groups is 2. The fourth-order valence-electron chi connectivity index (χ4n) is 1.43. The second-order valence-electron chi connectivity index (χ2n) is 4.43. The number of amides is 3. The average Bonchev–Trinajstić information content (AvgIpc) is 2.68. The first-order chi connectivity index (χ1) is 9.43. The molecule has 0 bridgehead atoms. The van der Waals surface area contributed by atoms with Crippen LogP contribution in [0.25, 0.3) is 0 Å². The third kappa shape index (κ3) is 5.08. The van der Waals surface area contributed by atoms with Crippen molar-refractivity contribution in [3.63, 3.8) is 0 Å². The van der Waals surface area contributed by atoms with Crippen LogP contribution in [0.4, 0.5) is 4.79 Å². The van der Waals surface area contributed by atoms with Crippen LogP contribution in [0.5, 0.6) is 0 Å². The fraction of sp³-hybridized carbons (Fsp3) is 0.636. The number of carbonyl (C=O) groups excluding carboxylic acids is 2. The van der Waals surface area contributed by atoms with Gasteiger partial charge in [0.15, 0.2) is 5.16 Å². The third-order valence-corrected chi connectivity index (χ3v) is 3.15. The van der Waals surface area contributed by atoms with Gasteiger partial charge in [0.1, 0.15) is 0 Å². The lowest BCUT2D eigenvalue weighted by Crippen LogP contribution is -2.43. The predicted octanol–water partition coefficient (Wildman–Crippen LogP) is 0.308. The Balaban J connectivity index is 2.49. The maximum absolute atomic E-state index is 11.6. The maximum atomic E-state index is 11.6. The summed E-state index contributed by atoms with van der Waals surface area (Å²) in [6.07, 6.45) is 0.788. The number of aromatic nitrogens is 3. The minimum atomic E-state index is -0.529. The van der Waals surface area contributed by atoms with Gasteiger partial charge in [-0.1, -0.05) is 18.7 Å². The SMILES string of the molecule is CCCn1c(SCC(=O)NC(=O)NC(C)C)n[nH]c1=O. The first-order valence-electron chi connectivity index (χ1n) is 6.32.